The van der Waals surface area contributed by atoms with Crippen LogP contribution in [-0.2, 0) is 6.54 Å². The third kappa shape index (κ3) is 3.78. The van der Waals surface area contributed by atoms with Crippen molar-refractivity contribution in [1.82, 2.24) is 14.7 Å². The Balaban J connectivity index is 1.67. The first-order valence-corrected chi connectivity index (χ1v) is 9.31. The molecule has 0 spiro atoms. The van der Waals surface area contributed by atoms with Crippen LogP contribution in [0.1, 0.15) is 22.3 Å². The van der Waals surface area contributed by atoms with Crippen LogP contribution in [-0.4, -0.2) is 45.4 Å². The van der Waals surface area contributed by atoms with E-state index in [4.69, 9.17) is 5.10 Å². The Kier molecular flexibility index (Phi) is 5.03. The summed E-state index contributed by atoms with van der Waals surface area (Å²) in [4.78, 5) is 15.0. The normalized spacial score (nSPS) is 16.6. The second-order valence-electron chi connectivity index (χ2n) is 7.03. The van der Waals surface area contributed by atoms with Gasteiger partial charge in [0.15, 0.2) is 0 Å². The number of aromatic nitrogens is 2. The van der Waals surface area contributed by atoms with E-state index in [0.717, 1.165) is 17.5 Å². The van der Waals surface area contributed by atoms with Gasteiger partial charge in [-0.1, -0.05) is 60.7 Å². The number of amides is 1. The predicted molar refractivity (Wildman–Crippen MR) is 104 cm³/mol. The average Bonchev–Trinajstić information content (AvgIpc) is 3.36. The van der Waals surface area contributed by atoms with Crippen LogP contribution in [0.15, 0.2) is 66.9 Å². The van der Waals surface area contributed by atoms with Gasteiger partial charge in [0.1, 0.15) is 5.69 Å². The Morgan fingerprint density at radius 2 is 1.78 bits per heavy atom. The monoisotopic (exact) mass is 361 g/mol. The van der Waals surface area contributed by atoms with Gasteiger partial charge in [-0.3, -0.25) is 9.48 Å². The minimum Gasteiger partial charge on any atom is -0.396 e. The fourth-order valence-electron chi connectivity index (χ4n) is 3.58. The number of likely N-dealkylation sites (tertiary alicyclic amines) is 1. The Bertz CT molecular complexity index is 906. The molecule has 2 heterocycles. The zero-order valence-corrected chi connectivity index (χ0v) is 15.2. The summed E-state index contributed by atoms with van der Waals surface area (Å²) < 4.78 is 1.84. The molecule has 1 aliphatic rings. The first-order valence-electron chi connectivity index (χ1n) is 9.31. The number of nitrogens with zero attached hydrogens (tertiary/aromatic N) is 3. The fourth-order valence-corrected chi connectivity index (χ4v) is 3.58. The first kappa shape index (κ1) is 17.5. The standard InChI is InChI=1S/C22H23N3O2/c26-16-18-11-12-24(13-18)22(27)20-15-25(14-17-7-3-1-4-8-17)23-21(20)19-9-5-2-6-10-19/h1-10,15,18,26H,11-14,16H2. The minimum atomic E-state index is -0.0101. The Hall–Kier alpha value is -2.92. The van der Waals surface area contributed by atoms with Crippen molar-refractivity contribution in [2.45, 2.75) is 13.0 Å². The molecule has 1 unspecified atom stereocenters. The summed E-state index contributed by atoms with van der Waals surface area (Å²) in [7, 11) is 0. The average molecular weight is 361 g/mol. The van der Waals surface area contributed by atoms with Crippen LogP contribution in [0, 0.1) is 5.92 Å². The quantitative estimate of drug-likeness (QED) is 0.760. The van der Waals surface area contributed by atoms with Gasteiger partial charge in [-0.25, -0.2) is 0 Å². The SMILES string of the molecule is O=C(c1cn(Cc2ccccc2)nc1-c1ccccc1)N1CCC(CO)C1. The Morgan fingerprint density at radius 1 is 1.07 bits per heavy atom. The molecule has 1 aliphatic heterocycles. The molecule has 5 nitrogen and oxygen atoms in total. The molecule has 5 heteroatoms. The largest absolute Gasteiger partial charge is 0.396 e. The molecule has 4 rings (SSSR count). The van der Waals surface area contributed by atoms with E-state index in [1.807, 2.05) is 64.3 Å². The third-order valence-electron chi connectivity index (χ3n) is 5.06. The van der Waals surface area contributed by atoms with E-state index in [-0.39, 0.29) is 18.4 Å². The van der Waals surface area contributed by atoms with Gasteiger partial charge in [0.05, 0.1) is 12.1 Å². The smallest absolute Gasteiger partial charge is 0.257 e. The zero-order chi connectivity index (χ0) is 18.6. The topological polar surface area (TPSA) is 58.4 Å². The van der Waals surface area contributed by atoms with Gasteiger partial charge in [0, 0.05) is 37.4 Å². The van der Waals surface area contributed by atoms with Crippen LogP contribution in [0.5, 0.6) is 0 Å². The molecule has 27 heavy (non-hydrogen) atoms. The van der Waals surface area contributed by atoms with Crippen LogP contribution in [0.2, 0.25) is 0 Å². The van der Waals surface area contributed by atoms with Crippen LogP contribution >= 0.6 is 0 Å². The molecule has 0 saturated carbocycles. The maximum atomic E-state index is 13.2. The highest BCUT2D eigenvalue weighted by molar-refractivity contribution is 6.00. The maximum Gasteiger partial charge on any atom is 0.257 e. The molecular weight excluding hydrogens is 338 g/mol. The van der Waals surface area contributed by atoms with Gasteiger partial charge in [0.25, 0.3) is 5.91 Å². The number of hydrogen-bond acceptors (Lipinski definition) is 3. The molecule has 1 atom stereocenters. The number of hydrogen-bond donors (Lipinski definition) is 1. The molecule has 138 valence electrons. The zero-order valence-electron chi connectivity index (χ0n) is 15.2. The summed E-state index contributed by atoms with van der Waals surface area (Å²) in [5.74, 6) is 0.164. The highest BCUT2D eigenvalue weighted by atomic mass is 16.3. The number of aliphatic hydroxyl groups excluding tert-OH is 1. The van der Waals surface area contributed by atoms with E-state index in [1.54, 1.807) is 0 Å². The number of rotatable bonds is 5. The molecule has 1 fully saturated rings. The maximum absolute atomic E-state index is 13.2. The molecule has 1 aromatic heterocycles. The van der Waals surface area contributed by atoms with Gasteiger partial charge in [0.2, 0.25) is 0 Å². The van der Waals surface area contributed by atoms with E-state index in [2.05, 4.69) is 12.1 Å². The Morgan fingerprint density at radius 3 is 2.44 bits per heavy atom. The van der Waals surface area contributed by atoms with E-state index in [9.17, 15) is 9.90 Å². The lowest BCUT2D eigenvalue weighted by atomic mass is 10.1. The molecular formula is C22H23N3O2. The molecule has 0 aliphatic carbocycles. The summed E-state index contributed by atoms with van der Waals surface area (Å²) >= 11 is 0. The third-order valence-corrected chi connectivity index (χ3v) is 5.06. The highest BCUT2D eigenvalue weighted by Crippen LogP contribution is 2.26. The van der Waals surface area contributed by atoms with E-state index >= 15 is 0 Å². The first-order chi connectivity index (χ1) is 13.2. The minimum absolute atomic E-state index is 0.0101. The van der Waals surface area contributed by atoms with Gasteiger partial charge in [-0.2, -0.15) is 5.10 Å². The highest BCUT2D eigenvalue weighted by Gasteiger charge is 2.29. The van der Waals surface area contributed by atoms with Crippen LogP contribution in [0.4, 0.5) is 0 Å². The van der Waals surface area contributed by atoms with Crippen molar-refractivity contribution in [3.63, 3.8) is 0 Å². The van der Waals surface area contributed by atoms with Crippen LogP contribution in [0.25, 0.3) is 11.3 Å². The second kappa shape index (κ2) is 7.76. The Labute approximate surface area is 158 Å². The molecule has 1 amide bonds. The van der Waals surface area contributed by atoms with Gasteiger partial charge in [-0.15, -0.1) is 0 Å². The fraction of sp³-hybridized carbons (Fsp3) is 0.273. The summed E-state index contributed by atoms with van der Waals surface area (Å²) in [5, 5.41) is 14.1. The van der Waals surface area contributed by atoms with Crippen molar-refractivity contribution in [2.24, 2.45) is 5.92 Å². The number of carbonyl (C=O) groups excluding carboxylic acids is 1. The van der Waals surface area contributed by atoms with Crippen molar-refractivity contribution >= 4 is 5.91 Å². The van der Waals surface area contributed by atoms with Crippen LogP contribution < -0.4 is 0 Å². The van der Waals surface area contributed by atoms with Crippen molar-refractivity contribution in [3.05, 3.63) is 78.0 Å². The van der Waals surface area contributed by atoms with E-state index in [0.29, 0.717) is 30.9 Å². The lowest BCUT2D eigenvalue weighted by molar-refractivity contribution is 0.0782. The van der Waals surface area contributed by atoms with E-state index < -0.39 is 0 Å². The summed E-state index contributed by atoms with van der Waals surface area (Å²) in [6.45, 7) is 2.03. The molecule has 0 bridgehead atoms. The predicted octanol–water partition coefficient (Wildman–Crippen LogP) is 3.05. The van der Waals surface area contributed by atoms with Gasteiger partial charge >= 0.3 is 0 Å². The number of aliphatic hydroxyl groups is 1. The molecule has 0 radical (unpaired) electrons. The van der Waals surface area contributed by atoms with Crippen molar-refractivity contribution in [2.75, 3.05) is 19.7 Å². The van der Waals surface area contributed by atoms with Gasteiger partial charge in [-0.05, 0) is 12.0 Å². The second-order valence-corrected chi connectivity index (χ2v) is 7.03. The number of carbonyl (C=O) groups is 1. The molecule has 2 aromatic carbocycles. The molecule has 3 aromatic rings. The molecule has 1 saturated heterocycles. The summed E-state index contributed by atoms with van der Waals surface area (Å²) in [6, 6.07) is 19.9. The number of benzene rings is 2. The van der Waals surface area contributed by atoms with Crippen molar-refractivity contribution in [3.8, 4) is 11.3 Å². The van der Waals surface area contributed by atoms with Crippen molar-refractivity contribution < 1.29 is 9.90 Å². The molecule has 1 N–H and O–H groups in total. The van der Waals surface area contributed by atoms with Gasteiger partial charge < -0.3 is 10.0 Å². The lowest BCUT2D eigenvalue weighted by Crippen LogP contribution is -2.29. The summed E-state index contributed by atoms with van der Waals surface area (Å²) in [6.07, 6.45) is 2.70. The van der Waals surface area contributed by atoms with Crippen molar-refractivity contribution in [1.29, 1.82) is 0 Å². The summed E-state index contributed by atoms with van der Waals surface area (Å²) in [5.41, 5.74) is 3.41. The van der Waals surface area contributed by atoms with E-state index in [1.165, 1.54) is 0 Å². The van der Waals surface area contributed by atoms with Crippen LogP contribution in [0.3, 0.4) is 0 Å². The lowest BCUT2D eigenvalue weighted by Gasteiger charge is -2.16.